The monoisotopic (exact) mass is 275 g/mol. The molecule has 0 amide bonds. The molecule has 0 saturated carbocycles. The van der Waals surface area contributed by atoms with Gasteiger partial charge in [-0.1, -0.05) is 0 Å². The van der Waals surface area contributed by atoms with Gasteiger partial charge in [-0.05, 0) is 0 Å². The van der Waals surface area contributed by atoms with E-state index in [2.05, 4.69) is 3.73 Å². The van der Waals surface area contributed by atoms with Crippen LogP contribution in [0.4, 0.5) is 5.69 Å². The summed E-state index contributed by atoms with van der Waals surface area (Å²) < 4.78 is 25.2. The van der Waals surface area contributed by atoms with Crippen molar-refractivity contribution in [2.24, 2.45) is 0 Å². The van der Waals surface area contributed by atoms with Gasteiger partial charge in [0.2, 0.25) is 0 Å². The van der Waals surface area contributed by atoms with Crippen LogP contribution in [0.2, 0.25) is 0 Å². The van der Waals surface area contributed by atoms with Crippen LogP contribution in [0.1, 0.15) is 0 Å². The molecule has 0 saturated heterocycles. The van der Waals surface area contributed by atoms with E-state index in [9.17, 15) is 12.6 Å². The summed E-state index contributed by atoms with van der Waals surface area (Å²) in [6.07, 6.45) is 0. The molecule has 0 spiro atoms. The molecule has 0 aromatic heterocycles. The second-order valence-corrected chi connectivity index (χ2v) is 6.38. The number of anilines is 1. The quantitative estimate of drug-likeness (QED) is 0.451. The van der Waals surface area contributed by atoms with Crippen molar-refractivity contribution in [3.05, 3.63) is 24.3 Å². The number of carbonyl (C=O) groups excluding carboxylic acids is 1. The van der Waals surface area contributed by atoms with Crippen LogP contribution in [0.5, 0.6) is 0 Å². The topological polar surface area (TPSA) is 110 Å². The fraction of sp³-hybridized carbons (Fsp3) is 0.125. The minimum absolute atomic E-state index is 0.00382. The first kappa shape index (κ1) is 11.8. The van der Waals surface area contributed by atoms with Crippen LogP contribution in [0, 0.1) is 0 Å². The third-order valence-electron chi connectivity index (χ3n) is 1.57. The standard InChI is InChI=1S/C8H10AsNO5/c10-7-3-1-6(2-4-7)9(13,14)15-8(12)5-11/h1-4,11H,5,10H2,(H,13,14). The molecular formula is C8H10AsNO5. The Hall–Kier alpha value is -1.23. The van der Waals surface area contributed by atoms with E-state index in [1.807, 2.05) is 0 Å². The second kappa shape index (κ2) is 4.53. The first-order valence-corrected chi connectivity index (χ1v) is 7.29. The van der Waals surface area contributed by atoms with E-state index in [-0.39, 0.29) is 4.35 Å². The number of rotatable bonds is 3. The van der Waals surface area contributed by atoms with Crippen LogP contribution < -0.4 is 10.1 Å². The summed E-state index contributed by atoms with van der Waals surface area (Å²) in [5, 5.41) is 8.37. The van der Waals surface area contributed by atoms with E-state index < -0.39 is 26.7 Å². The molecule has 7 heteroatoms. The van der Waals surface area contributed by atoms with Crippen molar-refractivity contribution in [2.45, 2.75) is 0 Å². The second-order valence-electron chi connectivity index (χ2n) is 2.73. The third-order valence-corrected chi connectivity index (χ3v) is 4.52. The van der Waals surface area contributed by atoms with Crippen molar-refractivity contribution in [1.29, 1.82) is 0 Å². The zero-order valence-electron chi connectivity index (χ0n) is 7.66. The van der Waals surface area contributed by atoms with Gasteiger partial charge in [0.05, 0.1) is 0 Å². The molecule has 1 unspecified atom stereocenters. The molecule has 0 heterocycles. The molecule has 1 aromatic rings. The first-order chi connectivity index (χ1) is 6.95. The van der Waals surface area contributed by atoms with Crippen molar-refractivity contribution in [3.8, 4) is 0 Å². The Morgan fingerprint density at radius 3 is 2.40 bits per heavy atom. The van der Waals surface area contributed by atoms with Gasteiger partial charge in [0.1, 0.15) is 0 Å². The van der Waals surface area contributed by atoms with Crippen LogP contribution >= 0.6 is 0 Å². The Morgan fingerprint density at radius 1 is 1.40 bits per heavy atom. The number of benzene rings is 1. The SMILES string of the molecule is Nc1ccc([As](=O)(O)OC(=O)CO)cc1. The van der Waals surface area contributed by atoms with Crippen molar-refractivity contribution in [2.75, 3.05) is 12.3 Å². The van der Waals surface area contributed by atoms with Gasteiger partial charge in [-0.2, -0.15) is 0 Å². The van der Waals surface area contributed by atoms with E-state index >= 15 is 0 Å². The number of hydrogen-bond acceptors (Lipinski definition) is 5. The molecule has 82 valence electrons. The maximum absolute atomic E-state index is 11.5. The number of carbonyl (C=O) groups is 1. The summed E-state index contributed by atoms with van der Waals surface area (Å²) in [7, 11) is 0. The molecule has 4 N–H and O–H groups in total. The molecule has 0 fully saturated rings. The average Bonchev–Trinajstić information content (AvgIpc) is 2.17. The van der Waals surface area contributed by atoms with Crippen LogP contribution in [0.15, 0.2) is 24.3 Å². The summed E-state index contributed by atoms with van der Waals surface area (Å²) >= 11 is -4.86. The summed E-state index contributed by atoms with van der Waals surface area (Å²) in [6.45, 7) is -0.930. The molecule has 0 aliphatic rings. The number of aliphatic hydroxyl groups is 1. The van der Waals surface area contributed by atoms with Gasteiger partial charge in [-0.25, -0.2) is 0 Å². The van der Waals surface area contributed by atoms with Gasteiger partial charge < -0.3 is 0 Å². The molecule has 1 atom stereocenters. The zero-order chi connectivity index (χ0) is 11.5. The van der Waals surface area contributed by atoms with E-state index in [1.54, 1.807) is 0 Å². The molecule has 0 aliphatic carbocycles. The Balaban J connectivity index is 2.91. The number of nitrogens with two attached hydrogens (primary N) is 1. The molecule has 0 radical (unpaired) electrons. The minimum atomic E-state index is -4.86. The van der Waals surface area contributed by atoms with E-state index in [0.29, 0.717) is 5.69 Å². The normalized spacial score (nSPS) is 14.3. The maximum atomic E-state index is 11.5. The van der Waals surface area contributed by atoms with Crippen LogP contribution in [-0.2, 0) is 12.3 Å². The van der Waals surface area contributed by atoms with Gasteiger partial charge in [0.25, 0.3) is 0 Å². The predicted molar refractivity (Wildman–Crippen MR) is 52.3 cm³/mol. The third kappa shape index (κ3) is 3.12. The Bertz CT molecular complexity index is 402. The van der Waals surface area contributed by atoms with E-state index in [0.717, 1.165) is 0 Å². The van der Waals surface area contributed by atoms with Gasteiger partial charge in [0.15, 0.2) is 0 Å². The average molecular weight is 275 g/mol. The van der Waals surface area contributed by atoms with Crippen molar-refractivity contribution in [3.63, 3.8) is 0 Å². The van der Waals surface area contributed by atoms with Gasteiger partial charge in [-0.3, -0.25) is 0 Å². The first-order valence-electron chi connectivity index (χ1n) is 3.98. The van der Waals surface area contributed by atoms with Crippen LogP contribution in [0.25, 0.3) is 0 Å². The zero-order valence-corrected chi connectivity index (χ0v) is 9.54. The van der Waals surface area contributed by atoms with Crippen LogP contribution in [0.3, 0.4) is 0 Å². The summed E-state index contributed by atoms with van der Waals surface area (Å²) in [5.74, 6) is -1.13. The summed E-state index contributed by atoms with van der Waals surface area (Å²) in [4.78, 5) is 10.7. The molecular weight excluding hydrogens is 265 g/mol. The molecule has 6 nitrogen and oxygen atoms in total. The molecule has 0 aliphatic heterocycles. The molecule has 15 heavy (non-hydrogen) atoms. The van der Waals surface area contributed by atoms with Crippen molar-refractivity contribution < 1.29 is 21.5 Å². The Labute approximate surface area is 88.7 Å². The van der Waals surface area contributed by atoms with E-state index in [1.165, 1.54) is 24.3 Å². The number of aliphatic hydroxyl groups excluding tert-OH is 1. The summed E-state index contributed by atoms with van der Waals surface area (Å²) in [5.41, 5.74) is 5.82. The summed E-state index contributed by atoms with van der Waals surface area (Å²) in [6, 6.07) is 5.46. The predicted octanol–water partition coefficient (Wildman–Crippen LogP) is -1.63. The Morgan fingerprint density at radius 2 is 1.93 bits per heavy atom. The molecule has 0 bridgehead atoms. The molecule has 1 rings (SSSR count). The van der Waals surface area contributed by atoms with Crippen LogP contribution in [-0.4, -0.2) is 36.0 Å². The van der Waals surface area contributed by atoms with Gasteiger partial charge in [-0.15, -0.1) is 0 Å². The number of hydrogen-bond donors (Lipinski definition) is 3. The van der Waals surface area contributed by atoms with Gasteiger partial charge >= 0.3 is 88.2 Å². The van der Waals surface area contributed by atoms with Crippen molar-refractivity contribution >= 4 is 30.2 Å². The fourth-order valence-electron chi connectivity index (χ4n) is 0.882. The van der Waals surface area contributed by atoms with E-state index in [4.69, 9.17) is 10.8 Å². The van der Waals surface area contributed by atoms with Crippen molar-refractivity contribution in [1.82, 2.24) is 0 Å². The van der Waals surface area contributed by atoms with Gasteiger partial charge in [0, 0.05) is 0 Å². The molecule has 1 aromatic carbocycles. The number of nitrogen functional groups attached to an aromatic ring is 1. The fourth-order valence-corrected chi connectivity index (χ4v) is 2.91. The Kier molecular flexibility index (Phi) is 3.57.